The van der Waals surface area contributed by atoms with Crippen LogP contribution in [0.4, 0.5) is 0 Å². The molecule has 6 nitrogen and oxygen atoms in total. The highest BCUT2D eigenvalue weighted by atomic mass is 16.6. The minimum atomic E-state index is -0.773. The molecule has 0 N–H and O–H groups in total. The predicted molar refractivity (Wildman–Crippen MR) is 279 cm³/mol. The van der Waals surface area contributed by atoms with Crippen molar-refractivity contribution in [1.29, 1.82) is 0 Å². The molecule has 0 saturated heterocycles. The van der Waals surface area contributed by atoms with Crippen LogP contribution in [0.15, 0.2) is 24.3 Å². The standard InChI is InChI=1S/C59H110O6/c1-4-7-10-13-16-19-22-25-28-29-32-34-37-40-43-46-49-52-58(61)64-55-56(65-59(62)53-50-47-44-41-38-35-31-27-24-21-18-15-12-9-6-3)54-63-57(60)51-48-45-42-39-36-33-30-26-23-20-17-14-11-8-5-2/h25,27-28,31,56H,4-24,26,29-30,32-55H2,1-3H3/b28-25-,31-27-. The average Bonchev–Trinajstić information content (AvgIpc) is 3.30. The van der Waals surface area contributed by atoms with Gasteiger partial charge in [0.1, 0.15) is 13.2 Å². The van der Waals surface area contributed by atoms with Crippen LogP contribution in [0.2, 0.25) is 0 Å². The van der Waals surface area contributed by atoms with Gasteiger partial charge in [0.05, 0.1) is 0 Å². The minimum Gasteiger partial charge on any atom is -0.462 e. The Bertz CT molecular complexity index is 1050. The molecule has 0 aromatic heterocycles. The zero-order valence-electron chi connectivity index (χ0n) is 43.8. The van der Waals surface area contributed by atoms with E-state index in [1.165, 1.54) is 212 Å². The fourth-order valence-corrected chi connectivity index (χ4v) is 8.55. The van der Waals surface area contributed by atoms with Crippen molar-refractivity contribution in [3.63, 3.8) is 0 Å². The lowest BCUT2D eigenvalue weighted by Crippen LogP contribution is -2.30. The van der Waals surface area contributed by atoms with E-state index in [0.29, 0.717) is 19.3 Å². The van der Waals surface area contributed by atoms with Crippen molar-refractivity contribution in [2.75, 3.05) is 13.2 Å². The Balaban J connectivity index is 4.34. The number of hydrogen-bond donors (Lipinski definition) is 0. The summed E-state index contributed by atoms with van der Waals surface area (Å²) in [6, 6.07) is 0. The Morgan fingerprint density at radius 2 is 0.508 bits per heavy atom. The van der Waals surface area contributed by atoms with Gasteiger partial charge < -0.3 is 14.2 Å². The van der Waals surface area contributed by atoms with E-state index >= 15 is 0 Å². The third-order valence-corrected chi connectivity index (χ3v) is 12.9. The Hall–Kier alpha value is -2.11. The molecule has 65 heavy (non-hydrogen) atoms. The molecule has 0 aliphatic heterocycles. The van der Waals surface area contributed by atoms with E-state index in [1.54, 1.807) is 0 Å². The number of carbonyl (C=O) groups excluding carboxylic acids is 3. The van der Waals surface area contributed by atoms with E-state index in [1.807, 2.05) is 0 Å². The van der Waals surface area contributed by atoms with Gasteiger partial charge in [-0.1, -0.05) is 251 Å². The van der Waals surface area contributed by atoms with Crippen LogP contribution in [0.1, 0.15) is 316 Å². The summed E-state index contributed by atoms with van der Waals surface area (Å²) in [5.41, 5.74) is 0. The maximum Gasteiger partial charge on any atom is 0.306 e. The van der Waals surface area contributed by atoms with E-state index in [-0.39, 0.29) is 31.1 Å². The molecule has 0 spiro atoms. The Labute approximate surface area is 404 Å². The molecule has 0 radical (unpaired) electrons. The van der Waals surface area contributed by atoms with Gasteiger partial charge in [-0.2, -0.15) is 0 Å². The van der Waals surface area contributed by atoms with Gasteiger partial charge in [-0.05, 0) is 70.6 Å². The Kier molecular flexibility index (Phi) is 52.7. The number of carbonyl (C=O) groups is 3. The van der Waals surface area contributed by atoms with Gasteiger partial charge in [-0.15, -0.1) is 0 Å². The molecule has 1 atom stereocenters. The highest BCUT2D eigenvalue weighted by Gasteiger charge is 2.19. The molecule has 1 unspecified atom stereocenters. The fourth-order valence-electron chi connectivity index (χ4n) is 8.55. The first-order valence-electron chi connectivity index (χ1n) is 28.8. The predicted octanol–water partition coefficient (Wildman–Crippen LogP) is 19.1. The molecular formula is C59H110O6. The van der Waals surface area contributed by atoms with Crippen LogP contribution in [0, 0.1) is 0 Å². The summed E-state index contributed by atoms with van der Waals surface area (Å²) in [4.78, 5) is 38.1. The van der Waals surface area contributed by atoms with Crippen LogP contribution in [-0.4, -0.2) is 37.2 Å². The second-order valence-corrected chi connectivity index (χ2v) is 19.6. The van der Waals surface area contributed by atoms with E-state index < -0.39 is 6.10 Å². The zero-order valence-corrected chi connectivity index (χ0v) is 43.8. The van der Waals surface area contributed by atoms with Gasteiger partial charge >= 0.3 is 17.9 Å². The highest BCUT2D eigenvalue weighted by molar-refractivity contribution is 5.71. The van der Waals surface area contributed by atoms with Crippen LogP contribution >= 0.6 is 0 Å². The lowest BCUT2D eigenvalue weighted by molar-refractivity contribution is -0.167. The van der Waals surface area contributed by atoms with Crippen molar-refractivity contribution in [2.45, 2.75) is 322 Å². The summed E-state index contributed by atoms with van der Waals surface area (Å²) in [6.07, 6.45) is 63.0. The zero-order chi connectivity index (χ0) is 47.2. The first kappa shape index (κ1) is 62.9. The van der Waals surface area contributed by atoms with Crippen molar-refractivity contribution < 1.29 is 28.6 Å². The maximum absolute atomic E-state index is 12.8. The first-order valence-corrected chi connectivity index (χ1v) is 28.8. The van der Waals surface area contributed by atoms with E-state index in [0.717, 1.165) is 64.2 Å². The van der Waals surface area contributed by atoms with Crippen molar-refractivity contribution in [3.8, 4) is 0 Å². The summed E-state index contributed by atoms with van der Waals surface area (Å²) >= 11 is 0. The Morgan fingerprint density at radius 3 is 0.769 bits per heavy atom. The minimum absolute atomic E-state index is 0.0715. The van der Waals surface area contributed by atoms with Gasteiger partial charge in [0.2, 0.25) is 0 Å². The maximum atomic E-state index is 12.8. The smallest absolute Gasteiger partial charge is 0.306 e. The molecule has 382 valence electrons. The van der Waals surface area contributed by atoms with E-state index in [2.05, 4.69) is 45.1 Å². The number of rotatable bonds is 53. The first-order chi connectivity index (χ1) is 32.0. The summed E-state index contributed by atoms with van der Waals surface area (Å²) in [6.45, 7) is 6.67. The number of allylic oxidation sites excluding steroid dienone is 4. The number of unbranched alkanes of at least 4 members (excludes halogenated alkanes) is 38. The summed E-state index contributed by atoms with van der Waals surface area (Å²) in [5.74, 6) is -0.865. The molecule has 0 aliphatic rings. The van der Waals surface area contributed by atoms with Gasteiger partial charge in [0.25, 0.3) is 0 Å². The molecular weight excluding hydrogens is 805 g/mol. The van der Waals surface area contributed by atoms with Gasteiger partial charge in [0.15, 0.2) is 6.10 Å². The molecule has 0 bridgehead atoms. The molecule has 0 aliphatic carbocycles. The molecule has 0 fully saturated rings. The van der Waals surface area contributed by atoms with Crippen LogP contribution in [0.25, 0.3) is 0 Å². The van der Waals surface area contributed by atoms with Crippen LogP contribution < -0.4 is 0 Å². The quantitative estimate of drug-likeness (QED) is 0.0262. The second-order valence-electron chi connectivity index (χ2n) is 19.6. The van der Waals surface area contributed by atoms with Crippen molar-refractivity contribution in [3.05, 3.63) is 24.3 Å². The SMILES string of the molecule is CCCCCCCC/C=C\CCCCCCCCCC(=O)OCC(COC(=O)CCCCCCCCCCCCCCCCC)OC(=O)CCCCCCC/C=C\CCCCCCCC. The lowest BCUT2D eigenvalue weighted by Gasteiger charge is -2.18. The van der Waals surface area contributed by atoms with Gasteiger partial charge in [0, 0.05) is 19.3 Å². The average molecular weight is 916 g/mol. The molecule has 0 aromatic rings. The topological polar surface area (TPSA) is 78.9 Å². The van der Waals surface area contributed by atoms with Crippen molar-refractivity contribution in [1.82, 2.24) is 0 Å². The molecule has 0 heterocycles. The molecule has 0 saturated carbocycles. The summed E-state index contributed by atoms with van der Waals surface area (Å²) in [7, 11) is 0. The monoisotopic (exact) mass is 915 g/mol. The highest BCUT2D eigenvalue weighted by Crippen LogP contribution is 2.16. The van der Waals surface area contributed by atoms with Gasteiger partial charge in [-0.3, -0.25) is 14.4 Å². The summed E-state index contributed by atoms with van der Waals surface area (Å²) in [5, 5.41) is 0. The van der Waals surface area contributed by atoms with Gasteiger partial charge in [-0.25, -0.2) is 0 Å². The fraction of sp³-hybridized carbons (Fsp3) is 0.881. The third-order valence-electron chi connectivity index (χ3n) is 12.9. The van der Waals surface area contributed by atoms with Crippen LogP contribution in [-0.2, 0) is 28.6 Å². The van der Waals surface area contributed by atoms with Crippen molar-refractivity contribution in [2.24, 2.45) is 0 Å². The van der Waals surface area contributed by atoms with Crippen LogP contribution in [0.3, 0.4) is 0 Å². The molecule has 0 amide bonds. The molecule has 6 heteroatoms. The molecule has 0 aromatic carbocycles. The van der Waals surface area contributed by atoms with E-state index in [4.69, 9.17) is 14.2 Å². The second kappa shape index (κ2) is 54.5. The Morgan fingerprint density at radius 1 is 0.292 bits per heavy atom. The van der Waals surface area contributed by atoms with Crippen molar-refractivity contribution >= 4 is 17.9 Å². The molecule has 0 rings (SSSR count). The number of hydrogen-bond acceptors (Lipinski definition) is 6. The lowest BCUT2D eigenvalue weighted by atomic mass is 10.0. The largest absolute Gasteiger partial charge is 0.462 e. The third kappa shape index (κ3) is 52.7. The number of ether oxygens (including phenoxy) is 3. The number of esters is 3. The normalized spacial score (nSPS) is 12.1. The van der Waals surface area contributed by atoms with E-state index in [9.17, 15) is 14.4 Å². The summed E-state index contributed by atoms with van der Waals surface area (Å²) < 4.78 is 16.9. The van der Waals surface area contributed by atoms with Crippen LogP contribution in [0.5, 0.6) is 0 Å².